The highest BCUT2D eigenvalue weighted by Crippen LogP contribution is 2.38. The van der Waals surface area contributed by atoms with Crippen LogP contribution in [-0.4, -0.2) is 20.4 Å². The molecule has 0 radical (unpaired) electrons. The lowest BCUT2D eigenvalue weighted by atomic mass is 9.94. The van der Waals surface area contributed by atoms with Crippen molar-refractivity contribution >= 4 is 33.3 Å². The predicted molar refractivity (Wildman–Crippen MR) is 109 cm³/mol. The van der Waals surface area contributed by atoms with E-state index >= 15 is 0 Å². The molecule has 0 saturated carbocycles. The number of thioether (sulfide) groups is 1. The Balaban J connectivity index is 2.02. The zero-order valence-electron chi connectivity index (χ0n) is 15.4. The van der Waals surface area contributed by atoms with Gasteiger partial charge in [0.05, 0.1) is 23.3 Å². The van der Waals surface area contributed by atoms with E-state index in [9.17, 15) is 4.79 Å². The summed E-state index contributed by atoms with van der Waals surface area (Å²) in [5, 5.41) is 1.85. The Labute approximate surface area is 161 Å². The summed E-state index contributed by atoms with van der Waals surface area (Å²) in [6.07, 6.45) is 0.741. The molecule has 3 aromatic rings. The summed E-state index contributed by atoms with van der Waals surface area (Å²) in [7, 11) is 0. The maximum Gasteiger partial charge on any atom is 0.267 e. The third kappa shape index (κ3) is 3.10. The van der Waals surface area contributed by atoms with Gasteiger partial charge in [-0.25, -0.2) is 4.98 Å². The molecule has 4 nitrogen and oxygen atoms in total. The Morgan fingerprint density at radius 2 is 2.00 bits per heavy atom. The lowest BCUT2D eigenvalue weighted by Crippen LogP contribution is -2.32. The molecule has 0 atom stereocenters. The second kappa shape index (κ2) is 6.51. The average molecular weight is 387 g/mol. The van der Waals surface area contributed by atoms with Crippen LogP contribution in [0, 0.1) is 0 Å². The molecular formula is C20H22N2O2S2. The second-order valence-electron chi connectivity index (χ2n) is 7.45. The summed E-state index contributed by atoms with van der Waals surface area (Å²) in [4.78, 5) is 20.4. The number of fused-ring (bicyclic) bond motifs is 3. The first-order chi connectivity index (χ1) is 12.4. The van der Waals surface area contributed by atoms with Crippen LogP contribution in [0.25, 0.3) is 15.9 Å². The molecule has 0 spiro atoms. The smallest absolute Gasteiger partial charge is 0.267 e. The van der Waals surface area contributed by atoms with Crippen molar-refractivity contribution in [3.05, 3.63) is 51.1 Å². The van der Waals surface area contributed by atoms with Gasteiger partial charge >= 0.3 is 0 Å². The van der Waals surface area contributed by atoms with E-state index in [-0.39, 0.29) is 11.2 Å². The fourth-order valence-corrected chi connectivity index (χ4v) is 5.28. The molecule has 1 aliphatic rings. The summed E-state index contributed by atoms with van der Waals surface area (Å²) < 4.78 is 7.71. The first-order valence-corrected chi connectivity index (χ1v) is 10.5. The predicted octanol–water partition coefficient (Wildman–Crippen LogP) is 4.80. The van der Waals surface area contributed by atoms with Crippen molar-refractivity contribution < 1.29 is 4.74 Å². The first kappa shape index (κ1) is 17.8. The minimum absolute atomic E-state index is 0.0274. The number of hydrogen-bond acceptors (Lipinski definition) is 5. The monoisotopic (exact) mass is 386 g/mol. The van der Waals surface area contributed by atoms with E-state index in [0.29, 0.717) is 11.9 Å². The van der Waals surface area contributed by atoms with Crippen molar-refractivity contribution in [2.45, 2.75) is 56.7 Å². The van der Waals surface area contributed by atoms with Crippen LogP contribution in [0.15, 0.2) is 40.3 Å². The molecular weight excluding hydrogens is 364 g/mol. The fraction of sp³-hybridized carbons (Fsp3) is 0.400. The van der Waals surface area contributed by atoms with Crippen molar-refractivity contribution in [3.63, 3.8) is 0 Å². The molecule has 26 heavy (non-hydrogen) atoms. The summed E-state index contributed by atoms with van der Waals surface area (Å²) in [6, 6.07) is 9.80. The van der Waals surface area contributed by atoms with E-state index in [1.54, 1.807) is 27.7 Å². The van der Waals surface area contributed by atoms with Gasteiger partial charge in [-0.05, 0) is 31.5 Å². The number of thiophene rings is 1. The van der Waals surface area contributed by atoms with Crippen LogP contribution in [0.5, 0.6) is 0 Å². The van der Waals surface area contributed by atoms with Gasteiger partial charge < -0.3 is 4.74 Å². The Bertz CT molecular complexity index is 1020. The van der Waals surface area contributed by atoms with Gasteiger partial charge in [0.2, 0.25) is 0 Å². The van der Waals surface area contributed by atoms with E-state index in [1.165, 1.54) is 0 Å². The summed E-state index contributed by atoms with van der Waals surface area (Å²) in [5.41, 5.74) is 1.75. The summed E-state index contributed by atoms with van der Waals surface area (Å²) >= 11 is 3.22. The van der Waals surface area contributed by atoms with Gasteiger partial charge in [0.25, 0.3) is 5.56 Å². The molecule has 136 valence electrons. The van der Waals surface area contributed by atoms with E-state index in [0.717, 1.165) is 37.9 Å². The largest absolute Gasteiger partial charge is 0.370 e. The number of rotatable bonds is 3. The molecule has 0 unspecified atom stereocenters. The van der Waals surface area contributed by atoms with E-state index in [4.69, 9.17) is 9.72 Å². The van der Waals surface area contributed by atoms with Crippen LogP contribution >= 0.6 is 23.1 Å². The van der Waals surface area contributed by atoms with E-state index in [1.807, 2.05) is 30.3 Å². The number of aromatic nitrogens is 2. The molecule has 1 aliphatic heterocycles. The zero-order valence-corrected chi connectivity index (χ0v) is 17.0. The Morgan fingerprint density at radius 1 is 1.27 bits per heavy atom. The number of hydrogen-bond donors (Lipinski definition) is 0. The van der Waals surface area contributed by atoms with E-state index in [2.05, 4.69) is 27.7 Å². The minimum Gasteiger partial charge on any atom is -0.370 e. The summed E-state index contributed by atoms with van der Waals surface area (Å²) in [5.74, 6) is 0. The maximum atomic E-state index is 13.6. The van der Waals surface area contributed by atoms with E-state index < -0.39 is 0 Å². The molecule has 2 aromatic heterocycles. The van der Waals surface area contributed by atoms with Gasteiger partial charge in [-0.1, -0.05) is 43.8 Å². The molecule has 6 heteroatoms. The number of para-hydroxylation sites is 1. The third-order valence-corrected chi connectivity index (χ3v) is 6.49. The highest BCUT2D eigenvalue weighted by molar-refractivity contribution is 7.99. The lowest BCUT2D eigenvalue weighted by molar-refractivity contribution is -0.0379. The van der Waals surface area contributed by atoms with Gasteiger partial charge in [-0.3, -0.25) is 9.36 Å². The lowest BCUT2D eigenvalue weighted by Gasteiger charge is -2.29. The second-order valence-corrected chi connectivity index (χ2v) is 10.1. The van der Waals surface area contributed by atoms with Crippen molar-refractivity contribution in [1.29, 1.82) is 0 Å². The Hall–Kier alpha value is -1.63. The Kier molecular flexibility index (Phi) is 4.45. The molecule has 0 fully saturated rings. The molecule has 4 rings (SSSR count). The van der Waals surface area contributed by atoms with Crippen LogP contribution in [0.4, 0.5) is 0 Å². The number of ether oxygens (including phenoxy) is 1. The van der Waals surface area contributed by atoms with Crippen LogP contribution in [0.2, 0.25) is 0 Å². The molecule has 0 N–H and O–H groups in total. The molecule has 0 aliphatic carbocycles. The normalized spacial score (nSPS) is 16.2. The third-order valence-electron chi connectivity index (χ3n) is 4.43. The van der Waals surface area contributed by atoms with Crippen LogP contribution in [0.3, 0.4) is 0 Å². The van der Waals surface area contributed by atoms with Crippen molar-refractivity contribution in [2.24, 2.45) is 0 Å². The van der Waals surface area contributed by atoms with Crippen molar-refractivity contribution in [1.82, 2.24) is 9.55 Å². The van der Waals surface area contributed by atoms with Crippen LogP contribution in [0.1, 0.15) is 38.1 Å². The van der Waals surface area contributed by atoms with Gasteiger partial charge in [0, 0.05) is 16.5 Å². The zero-order chi connectivity index (χ0) is 18.5. The SMILES string of the molecule is CC(C)Sc1nc2sc3c(c2c(=O)n1-c1ccccc1)CC(C)(C)OC3. The van der Waals surface area contributed by atoms with Crippen LogP contribution in [-0.2, 0) is 17.8 Å². The first-order valence-electron chi connectivity index (χ1n) is 8.79. The van der Waals surface area contributed by atoms with Crippen molar-refractivity contribution in [2.75, 3.05) is 0 Å². The molecule has 0 saturated heterocycles. The van der Waals surface area contributed by atoms with Gasteiger partial charge in [0.1, 0.15) is 4.83 Å². The van der Waals surface area contributed by atoms with Gasteiger partial charge in [0.15, 0.2) is 5.16 Å². The number of benzene rings is 1. The highest BCUT2D eigenvalue weighted by atomic mass is 32.2. The fourth-order valence-electron chi connectivity index (χ4n) is 3.27. The maximum absolute atomic E-state index is 13.6. The standard InChI is InChI=1S/C20H22N2O2S2/c1-12(2)25-19-21-17-16(14-10-20(3,4)24-11-15(14)26-17)18(23)22(19)13-8-6-5-7-9-13/h5-9,12H,10-11H2,1-4H3. The quantitative estimate of drug-likeness (QED) is 0.479. The molecule has 0 bridgehead atoms. The van der Waals surface area contributed by atoms with Crippen LogP contribution < -0.4 is 5.56 Å². The molecule has 0 amide bonds. The van der Waals surface area contributed by atoms with Gasteiger partial charge in [-0.15, -0.1) is 11.3 Å². The summed E-state index contributed by atoms with van der Waals surface area (Å²) in [6.45, 7) is 8.94. The number of nitrogens with zero attached hydrogens (tertiary/aromatic N) is 2. The molecule has 1 aromatic carbocycles. The van der Waals surface area contributed by atoms with Crippen molar-refractivity contribution in [3.8, 4) is 5.69 Å². The average Bonchev–Trinajstić information content (AvgIpc) is 2.91. The van der Waals surface area contributed by atoms with Gasteiger partial charge in [-0.2, -0.15) is 0 Å². The topological polar surface area (TPSA) is 44.1 Å². The Morgan fingerprint density at radius 3 is 2.69 bits per heavy atom. The highest BCUT2D eigenvalue weighted by Gasteiger charge is 2.31. The minimum atomic E-state index is -0.254. The molecule has 3 heterocycles.